The van der Waals surface area contributed by atoms with Crippen LogP contribution in [0.25, 0.3) is 0 Å². The molecule has 0 unspecified atom stereocenters. The summed E-state index contributed by atoms with van der Waals surface area (Å²) in [6, 6.07) is 11.6. The predicted octanol–water partition coefficient (Wildman–Crippen LogP) is 4.32. The third-order valence-electron chi connectivity index (χ3n) is 4.79. The zero-order chi connectivity index (χ0) is 18.4. The highest BCUT2D eigenvalue weighted by atomic mass is 19.2. The Kier molecular flexibility index (Phi) is 6.21. The maximum absolute atomic E-state index is 13.2. The number of nitrogens with one attached hydrogen (secondary N) is 1. The van der Waals surface area contributed by atoms with E-state index in [1.165, 1.54) is 37.4 Å². The van der Waals surface area contributed by atoms with Crippen LogP contribution in [-0.4, -0.2) is 25.5 Å². The second kappa shape index (κ2) is 8.79. The summed E-state index contributed by atoms with van der Waals surface area (Å²) in [5.41, 5.74) is 2.51. The van der Waals surface area contributed by atoms with Gasteiger partial charge < -0.3 is 10.2 Å². The van der Waals surface area contributed by atoms with Crippen molar-refractivity contribution in [2.75, 3.05) is 24.5 Å². The van der Waals surface area contributed by atoms with Gasteiger partial charge in [0.25, 0.3) is 5.91 Å². The van der Waals surface area contributed by atoms with Crippen molar-refractivity contribution in [1.82, 2.24) is 5.32 Å². The molecule has 0 aliphatic carbocycles. The minimum Gasteiger partial charge on any atom is -0.372 e. The minimum atomic E-state index is -1.01. The van der Waals surface area contributed by atoms with Gasteiger partial charge in [-0.3, -0.25) is 4.79 Å². The summed E-state index contributed by atoms with van der Waals surface area (Å²) in [5.74, 6) is -2.36. The van der Waals surface area contributed by atoms with Crippen molar-refractivity contribution >= 4 is 11.6 Å². The maximum atomic E-state index is 13.2. The van der Waals surface area contributed by atoms with E-state index in [4.69, 9.17) is 0 Å². The molecule has 1 aliphatic rings. The fourth-order valence-electron chi connectivity index (χ4n) is 3.26. The van der Waals surface area contributed by atoms with Crippen LogP contribution in [0.2, 0.25) is 0 Å². The molecule has 2 aromatic carbocycles. The van der Waals surface area contributed by atoms with E-state index < -0.39 is 17.5 Å². The quantitative estimate of drug-likeness (QED) is 0.863. The van der Waals surface area contributed by atoms with E-state index in [9.17, 15) is 13.6 Å². The number of halogens is 2. The molecule has 5 heteroatoms. The Balaban J connectivity index is 1.50. The molecule has 1 N–H and O–H groups in total. The normalized spacial score (nSPS) is 14.8. The Labute approximate surface area is 153 Å². The lowest BCUT2D eigenvalue weighted by Crippen LogP contribution is -2.26. The van der Waals surface area contributed by atoms with Gasteiger partial charge in [-0.25, -0.2) is 8.78 Å². The van der Waals surface area contributed by atoms with Crippen molar-refractivity contribution in [2.24, 2.45) is 0 Å². The highest BCUT2D eigenvalue weighted by molar-refractivity contribution is 5.94. The van der Waals surface area contributed by atoms with Gasteiger partial charge in [0.1, 0.15) is 0 Å². The lowest BCUT2D eigenvalue weighted by molar-refractivity contribution is 0.0953. The van der Waals surface area contributed by atoms with E-state index in [-0.39, 0.29) is 5.56 Å². The second-order valence-corrected chi connectivity index (χ2v) is 6.70. The van der Waals surface area contributed by atoms with Crippen LogP contribution in [0.5, 0.6) is 0 Å². The Hall–Kier alpha value is -2.43. The van der Waals surface area contributed by atoms with Crippen LogP contribution in [0.4, 0.5) is 14.5 Å². The molecule has 1 aliphatic heterocycles. The predicted molar refractivity (Wildman–Crippen MR) is 99.5 cm³/mol. The van der Waals surface area contributed by atoms with Crippen LogP contribution in [0, 0.1) is 11.6 Å². The molecule has 0 aromatic heterocycles. The summed E-state index contributed by atoms with van der Waals surface area (Å²) in [5, 5.41) is 2.74. The molecule has 1 heterocycles. The van der Waals surface area contributed by atoms with E-state index in [0.29, 0.717) is 13.0 Å². The monoisotopic (exact) mass is 358 g/mol. The number of nitrogens with zero attached hydrogens (tertiary/aromatic N) is 1. The average molecular weight is 358 g/mol. The van der Waals surface area contributed by atoms with Crippen molar-refractivity contribution < 1.29 is 13.6 Å². The van der Waals surface area contributed by atoms with Crippen LogP contribution >= 0.6 is 0 Å². The molecule has 1 saturated heterocycles. The molecule has 0 bridgehead atoms. The molecule has 3 nitrogen and oxygen atoms in total. The first-order valence-corrected chi connectivity index (χ1v) is 9.20. The van der Waals surface area contributed by atoms with Crippen molar-refractivity contribution in [3.63, 3.8) is 0 Å². The average Bonchev–Trinajstić information content (AvgIpc) is 2.94. The number of amides is 1. The lowest BCUT2D eigenvalue weighted by atomic mass is 10.1. The van der Waals surface area contributed by atoms with E-state index in [1.807, 2.05) is 0 Å². The number of benzene rings is 2. The number of carbonyl (C=O) groups excluding carboxylic acids is 1. The number of hydrogen-bond acceptors (Lipinski definition) is 2. The van der Waals surface area contributed by atoms with E-state index >= 15 is 0 Å². The van der Waals surface area contributed by atoms with Crippen molar-refractivity contribution in [2.45, 2.75) is 32.1 Å². The van der Waals surface area contributed by atoms with Gasteiger partial charge in [0.05, 0.1) is 0 Å². The number of anilines is 1. The number of hydrogen-bond donors (Lipinski definition) is 1. The number of carbonyl (C=O) groups is 1. The Morgan fingerprint density at radius 1 is 0.923 bits per heavy atom. The molecule has 3 rings (SSSR count). The van der Waals surface area contributed by atoms with Crippen LogP contribution in [-0.2, 0) is 6.42 Å². The smallest absolute Gasteiger partial charge is 0.251 e. The lowest BCUT2D eigenvalue weighted by Gasteiger charge is -2.22. The first-order chi connectivity index (χ1) is 12.6. The first kappa shape index (κ1) is 18.4. The molecule has 0 atom stereocenters. The third kappa shape index (κ3) is 4.81. The molecule has 0 radical (unpaired) electrons. The topological polar surface area (TPSA) is 32.3 Å². The summed E-state index contributed by atoms with van der Waals surface area (Å²) in [6.45, 7) is 2.67. The largest absolute Gasteiger partial charge is 0.372 e. The number of rotatable bonds is 5. The van der Waals surface area contributed by atoms with E-state index in [0.717, 1.165) is 30.8 Å². The summed E-state index contributed by atoms with van der Waals surface area (Å²) >= 11 is 0. The zero-order valence-corrected chi connectivity index (χ0v) is 14.8. The maximum Gasteiger partial charge on any atom is 0.251 e. The molecular formula is C21H24F2N2O. The molecule has 1 fully saturated rings. The Morgan fingerprint density at radius 2 is 1.62 bits per heavy atom. The molecule has 138 valence electrons. The van der Waals surface area contributed by atoms with Gasteiger partial charge in [-0.1, -0.05) is 25.0 Å². The van der Waals surface area contributed by atoms with Gasteiger partial charge >= 0.3 is 0 Å². The highest BCUT2D eigenvalue weighted by Gasteiger charge is 2.11. The van der Waals surface area contributed by atoms with Crippen LogP contribution in [0.3, 0.4) is 0 Å². The van der Waals surface area contributed by atoms with Gasteiger partial charge in [0, 0.05) is 30.9 Å². The van der Waals surface area contributed by atoms with Crippen molar-refractivity contribution in [3.8, 4) is 0 Å². The summed E-state index contributed by atoms with van der Waals surface area (Å²) < 4.78 is 26.1. The molecule has 26 heavy (non-hydrogen) atoms. The summed E-state index contributed by atoms with van der Waals surface area (Å²) in [7, 11) is 0. The van der Waals surface area contributed by atoms with Gasteiger partial charge in [-0.2, -0.15) is 0 Å². The first-order valence-electron chi connectivity index (χ1n) is 9.20. The standard InChI is InChI=1S/C21H24F2N2O/c22-19-10-7-17(15-20(19)23)21(26)24-12-11-16-5-8-18(9-6-16)25-13-3-1-2-4-14-25/h5-10,15H,1-4,11-14H2,(H,24,26). The molecule has 0 spiro atoms. The van der Waals surface area contributed by atoms with Crippen LogP contribution in [0.15, 0.2) is 42.5 Å². The Morgan fingerprint density at radius 3 is 2.27 bits per heavy atom. The van der Waals surface area contributed by atoms with Gasteiger partial charge in [0.15, 0.2) is 11.6 Å². The van der Waals surface area contributed by atoms with Crippen molar-refractivity contribution in [1.29, 1.82) is 0 Å². The molecule has 2 aromatic rings. The van der Waals surface area contributed by atoms with Crippen molar-refractivity contribution in [3.05, 3.63) is 65.2 Å². The minimum absolute atomic E-state index is 0.125. The fraction of sp³-hybridized carbons (Fsp3) is 0.381. The molecule has 1 amide bonds. The zero-order valence-electron chi connectivity index (χ0n) is 14.8. The van der Waals surface area contributed by atoms with E-state index in [1.54, 1.807) is 0 Å². The Bertz CT molecular complexity index is 738. The van der Waals surface area contributed by atoms with E-state index in [2.05, 4.69) is 34.5 Å². The van der Waals surface area contributed by atoms with Gasteiger partial charge in [-0.15, -0.1) is 0 Å². The molecular weight excluding hydrogens is 334 g/mol. The van der Waals surface area contributed by atoms with Gasteiger partial charge in [-0.05, 0) is 55.2 Å². The van der Waals surface area contributed by atoms with Gasteiger partial charge in [0.2, 0.25) is 0 Å². The summed E-state index contributed by atoms with van der Waals surface area (Å²) in [4.78, 5) is 14.4. The fourth-order valence-corrected chi connectivity index (χ4v) is 3.26. The second-order valence-electron chi connectivity index (χ2n) is 6.70. The van der Waals surface area contributed by atoms with Crippen LogP contribution < -0.4 is 10.2 Å². The highest BCUT2D eigenvalue weighted by Crippen LogP contribution is 2.20. The summed E-state index contributed by atoms with van der Waals surface area (Å²) in [6.07, 6.45) is 5.81. The van der Waals surface area contributed by atoms with Crippen LogP contribution in [0.1, 0.15) is 41.6 Å². The molecule has 0 saturated carbocycles. The SMILES string of the molecule is O=C(NCCc1ccc(N2CCCCCC2)cc1)c1ccc(F)c(F)c1. The third-order valence-corrected chi connectivity index (χ3v) is 4.79.